The molecule has 2 rings (SSSR count). The topological polar surface area (TPSA) is 9.23 Å². The van der Waals surface area contributed by atoms with Crippen LogP contribution in [0.25, 0.3) is 0 Å². The maximum absolute atomic E-state index is 12.1. The van der Waals surface area contributed by atoms with E-state index in [0.717, 1.165) is 24.3 Å². The van der Waals surface area contributed by atoms with Gasteiger partial charge in [-0.05, 0) is 42.7 Å². The van der Waals surface area contributed by atoms with Gasteiger partial charge in [0, 0.05) is 0 Å². The molecule has 2 aliphatic rings. The minimum absolute atomic E-state index is 0.451. The van der Waals surface area contributed by atoms with Crippen LogP contribution in [0.1, 0.15) is 45.4 Å². The summed E-state index contributed by atoms with van der Waals surface area (Å²) in [5.74, 6) is 0.801. The highest BCUT2D eigenvalue weighted by molar-refractivity contribution is 5.42. The van der Waals surface area contributed by atoms with Crippen molar-refractivity contribution in [3.63, 3.8) is 0 Å². The van der Waals surface area contributed by atoms with Crippen LogP contribution in [0, 0.1) is 5.92 Å². The van der Waals surface area contributed by atoms with Crippen LogP contribution < -0.4 is 0 Å². The zero-order valence-electron chi connectivity index (χ0n) is 12.5. The Morgan fingerprint density at radius 3 is 2.57 bits per heavy atom. The average molecular weight is 300 g/mol. The van der Waals surface area contributed by atoms with Crippen molar-refractivity contribution in [2.75, 3.05) is 6.61 Å². The van der Waals surface area contributed by atoms with Gasteiger partial charge in [0.1, 0.15) is 6.61 Å². The van der Waals surface area contributed by atoms with Crippen LogP contribution in [0.3, 0.4) is 0 Å². The molecule has 0 aromatic carbocycles. The summed E-state index contributed by atoms with van der Waals surface area (Å²) in [5.41, 5.74) is 2.50. The third-order valence-electron chi connectivity index (χ3n) is 4.11. The fourth-order valence-corrected chi connectivity index (χ4v) is 2.99. The lowest BCUT2D eigenvalue weighted by atomic mass is 9.83. The molecule has 2 aliphatic carbocycles. The maximum Gasteiger partial charge on any atom is 0.411 e. The molecule has 0 saturated carbocycles. The average Bonchev–Trinajstić information content (AvgIpc) is 2.46. The molecule has 0 N–H and O–H groups in total. The third-order valence-corrected chi connectivity index (χ3v) is 4.11. The largest absolute Gasteiger partial charge is 0.411 e. The zero-order chi connectivity index (χ0) is 15.3. The second-order valence-corrected chi connectivity index (χ2v) is 5.88. The first-order valence-electron chi connectivity index (χ1n) is 7.74. The zero-order valence-corrected chi connectivity index (χ0v) is 12.5. The van der Waals surface area contributed by atoms with Crippen LogP contribution in [0.4, 0.5) is 13.2 Å². The molecule has 0 radical (unpaired) electrons. The van der Waals surface area contributed by atoms with E-state index in [1.165, 1.54) is 24.8 Å². The monoisotopic (exact) mass is 300 g/mol. The van der Waals surface area contributed by atoms with Crippen molar-refractivity contribution in [3.05, 3.63) is 35.5 Å². The first kappa shape index (κ1) is 16.3. The summed E-state index contributed by atoms with van der Waals surface area (Å²) in [6, 6.07) is 0. The van der Waals surface area contributed by atoms with Crippen LogP contribution in [-0.2, 0) is 4.74 Å². The van der Waals surface area contributed by atoms with Gasteiger partial charge in [-0.3, -0.25) is 0 Å². The van der Waals surface area contributed by atoms with Gasteiger partial charge in [-0.25, -0.2) is 0 Å². The summed E-state index contributed by atoms with van der Waals surface area (Å²) in [6.45, 7) is 1.04. The van der Waals surface area contributed by atoms with E-state index in [0.29, 0.717) is 6.42 Å². The predicted octanol–water partition coefficient (Wildman–Crippen LogP) is 5.35. The van der Waals surface area contributed by atoms with Gasteiger partial charge in [0.2, 0.25) is 0 Å². The Labute approximate surface area is 124 Å². The summed E-state index contributed by atoms with van der Waals surface area (Å²) in [7, 11) is 0. The van der Waals surface area contributed by atoms with E-state index < -0.39 is 18.9 Å². The molecule has 0 aliphatic heterocycles. The van der Waals surface area contributed by atoms with Gasteiger partial charge in [-0.1, -0.05) is 44.1 Å². The first-order valence-corrected chi connectivity index (χ1v) is 7.74. The summed E-state index contributed by atoms with van der Waals surface area (Å²) >= 11 is 0. The van der Waals surface area contributed by atoms with Crippen LogP contribution >= 0.6 is 0 Å². The minimum Gasteiger partial charge on any atom is -0.364 e. The quantitative estimate of drug-likeness (QED) is 0.665. The molecule has 0 fully saturated rings. The Kier molecular flexibility index (Phi) is 5.68. The van der Waals surface area contributed by atoms with E-state index in [2.05, 4.69) is 13.0 Å². The SMILES string of the molecule is CCCC1CC=C(C2=CCC(OCC(F)(F)F)C=C2)CC1. The van der Waals surface area contributed by atoms with E-state index in [1.54, 1.807) is 6.08 Å². The molecule has 0 heterocycles. The van der Waals surface area contributed by atoms with Gasteiger partial charge in [-0.15, -0.1) is 0 Å². The van der Waals surface area contributed by atoms with Crippen molar-refractivity contribution >= 4 is 0 Å². The highest BCUT2D eigenvalue weighted by Gasteiger charge is 2.29. The van der Waals surface area contributed by atoms with E-state index in [1.807, 2.05) is 12.2 Å². The highest BCUT2D eigenvalue weighted by Crippen LogP contribution is 2.32. The number of hydrogen-bond acceptors (Lipinski definition) is 1. The van der Waals surface area contributed by atoms with Gasteiger partial charge < -0.3 is 4.74 Å². The molecule has 4 heteroatoms. The number of allylic oxidation sites excluding steroid dienone is 4. The van der Waals surface area contributed by atoms with Crippen molar-refractivity contribution in [1.82, 2.24) is 0 Å². The Morgan fingerprint density at radius 1 is 1.24 bits per heavy atom. The summed E-state index contributed by atoms with van der Waals surface area (Å²) in [5, 5.41) is 0. The van der Waals surface area contributed by atoms with E-state index >= 15 is 0 Å². The maximum atomic E-state index is 12.1. The molecular formula is C17H23F3O. The Morgan fingerprint density at radius 2 is 2.05 bits per heavy atom. The smallest absolute Gasteiger partial charge is 0.364 e. The molecule has 2 atom stereocenters. The van der Waals surface area contributed by atoms with E-state index in [9.17, 15) is 13.2 Å². The normalized spacial score (nSPS) is 26.5. The molecular weight excluding hydrogens is 277 g/mol. The summed E-state index contributed by atoms with van der Waals surface area (Å²) < 4.78 is 41.2. The molecule has 0 saturated heterocycles. The minimum atomic E-state index is -4.25. The second kappa shape index (κ2) is 7.30. The number of hydrogen-bond donors (Lipinski definition) is 0. The molecule has 2 unspecified atom stereocenters. The number of ether oxygens (including phenoxy) is 1. The van der Waals surface area contributed by atoms with Gasteiger partial charge >= 0.3 is 6.18 Å². The van der Waals surface area contributed by atoms with Crippen molar-refractivity contribution in [3.8, 4) is 0 Å². The molecule has 0 amide bonds. The Hall–Kier alpha value is -1.03. The molecule has 0 aromatic heterocycles. The van der Waals surface area contributed by atoms with Crippen molar-refractivity contribution in [1.29, 1.82) is 0 Å². The van der Waals surface area contributed by atoms with Crippen LogP contribution in [0.5, 0.6) is 0 Å². The van der Waals surface area contributed by atoms with Crippen LogP contribution in [0.2, 0.25) is 0 Å². The molecule has 0 bridgehead atoms. The van der Waals surface area contributed by atoms with Gasteiger partial charge in [-0.2, -0.15) is 13.2 Å². The number of rotatable bonds is 5. The summed E-state index contributed by atoms with van der Waals surface area (Å²) in [6.07, 6.45) is 9.74. The van der Waals surface area contributed by atoms with Crippen LogP contribution in [-0.4, -0.2) is 18.9 Å². The molecule has 1 nitrogen and oxygen atoms in total. The van der Waals surface area contributed by atoms with Crippen molar-refractivity contribution in [2.24, 2.45) is 5.92 Å². The van der Waals surface area contributed by atoms with Gasteiger partial charge in [0.25, 0.3) is 0 Å². The summed E-state index contributed by atoms with van der Waals surface area (Å²) in [4.78, 5) is 0. The number of halogens is 3. The fraction of sp³-hybridized carbons (Fsp3) is 0.647. The van der Waals surface area contributed by atoms with Crippen molar-refractivity contribution < 1.29 is 17.9 Å². The predicted molar refractivity (Wildman–Crippen MR) is 78.0 cm³/mol. The highest BCUT2D eigenvalue weighted by atomic mass is 19.4. The second-order valence-electron chi connectivity index (χ2n) is 5.88. The first-order chi connectivity index (χ1) is 9.98. The lowest BCUT2D eigenvalue weighted by molar-refractivity contribution is -0.180. The molecule has 0 spiro atoms. The van der Waals surface area contributed by atoms with Gasteiger partial charge in [0.15, 0.2) is 0 Å². The number of alkyl halides is 3. The molecule has 21 heavy (non-hydrogen) atoms. The van der Waals surface area contributed by atoms with Crippen molar-refractivity contribution in [2.45, 2.75) is 57.7 Å². The fourth-order valence-electron chi connectivity index (χ4n) is 2.99. The Balaban J connectivity index is 1.82. The van der Waals surface area contributed by atoms with Gasteiger partial charge in [0.05, 0.1) is 6.10 Å². The lowest BCUT2D eigenvalue weighted by Gasteiger charge is -2.24. The van der Waals surface area contributed by atoms with E-state index in [-0.39, 0.29) is 0 Å². The Bertz CT molecular complexity index is 432. The molecule has 118 valence electrons. The molecule has 0 aromatic rings. The van der Waals surface area contributed by atoms with E-state index in [4.69, 9.17) is 4.74 Å². The van der Waals surface area contributed by atoms with Crippen LogP contribution in [0.15, 0.2) is 35.5 Å². The third kappa shape index (κ3) is 5.34. The standard InChI is InChI=1S/C17H23F3O/c1-2-3-13-4-6-14(7-5-13)15-8-10-16(11-9-15)21-12-17(18,19)20/h6,8-10,13,16H,2-5,7,11-12H2,1H3. The lowest BCUT2D eigenvalue weighted by Crippen LogP contribution is -2.22.